The number of H-pyrrole nitrogens is 1. The Kier molecular flexibility index (Phi) is 2.09. The predicted octanol–water partition coefficient (Wildman–Crippen LogP) is 0.315. The maximum atomic E-state index is 8.69. The number of aliphatic hydroxyl groups is 1. The number of aliphatic hydroxyl groups excluding tert-OH is 1. The summed E-state index contributed by atoms with van der Waals surface area (Å²) in [5.41, 5.74) is 7.66. The zero-order chi connectivity index (χ0) is 7.56. The minimum Gasteiger partial charge on any atom is -0.394 e. The molecule has 10 heavy (non-hydrogen) atoms. The fourth-order valence-corrected chi connectivity index (χ4v) is 0.951. The van der Waals surface area contributed by atoms with Crippen molar-refractivity contribution in [2.45, 2.75) is 13.0 Å². The number of aromatic nitrogens is 1. The molecule has 0 aliphatic carbocycles. The molecule has 1 heterocycles. The molecule has 0 amide bonds. The van der Waals surface area contributed by atoms with Crippen LogP contribution in [0, 0.1) is 6.92 Å². The van der Waals surface area contributed by atoms with Gasteiger partial charge in [-0.2, -0.15) is 0 Å². The molecule has 0 radical (unpaired) electrons. The van der Waals surface area contributed by atoms with Crippen molar-refractivity contribution in [3.63, 3.8) is 0 Å². The summed E-state index contributed by atoms with van der Waals surface area (Å²) in [5.74, 6) is 0. The second-order valence-electron chi connectivity index (χ2n) is 2.38. The summed E-state index contributed by atoms with van der Waals surface area (Å²) in [7, 11) is 0. The molecule has 3 heteroatoms. The molecule has 0 saturated heterocycles. The Bertz CT molecular complexity index is 207. The van der Waals surface area contributed by atoms with E-state index in [4.69, 9.17) is 10.8 Å². The van der Waals surface area contributed by atoms with Crippen LogP contribution in [0.3, 0.4) is 0 Å². The van der Waals surface area contributed by atoms with Crippen molar-refractivity contribution in [2.24, 2.45) is 5.73 Å². The third-order valence-electron chi connectivity index (χ3n) is 1.59. The van der Waals surface area contributed by atoms with Crippen molar-refractivity contribution >= 4 is 0 Å². The number of nitrogens with two attached hydrogens (primary N) is 1. The SMILES string of the molecule is Cc1c[nH]cc1[C@H](N)CO. The first-order chi connectivity index (χ1) is 4.75. The lowest BCUT2D eigenvalue weighted by molar-refractivity contribution is 0.267. The Labute approximate surface area is 59.9 Å². The Morgan fingerprint density at radius 2 is 2.40 bits per heavy atom. The van der Waals surface area contributed by atoms with Gasteiger partial charge in [0, 0.05) is 12.4 Å². The van der Waals surface area contributed by atoms with E-state index in [2.05, 4.69) is 4.98 Å². The second kappa shape index (κ2) is 2.86. The third kappa shape index (κ3) is 1.20. The van der Waals surface area contributed by atoms with Gasteiger partial charge in [-0.05, 0) is 18.1 Å². The van der Waals surface area contributed by atoms with Gasteiger partial charge in [0.1, 0.15) is 0 Å². The average molecular weight is 140 g/mol. The van der Waals surface area contributed by atoms with Gasteiger partial charge < -0.3 is 15.8 Å². The molecule has 0 fully saturated rings. The van der Waals surface area contributed by atoms with Gasteiger partial charge in [0.05, 0.1) is 12.6 Å². The van der Waals surface area contributed by atoms with Gasteiger partial charge in [0.2, 0.25) is 0 Å². The van der Waals surface area contributed by atoms with E-state index in [9.17, 15) is 0 Å². The van der Waals surface area contributed by atoms with Gasteiger partial charge >= 0.3 is 0 Å². The lowest BCUT2D eigenvalue weighted by Crippen LogP contribution is -2.14. The molecule has 3 nitrogen and oxygen atoms in total. The highest BCUT2D eigenvalue weighted by atomic mass is 16.3. The van der Waals surface area contributed by atoms with Gasteiger partial charge in [-0.3, -0.25) is 0 Å². The molecule has 4 N–H and O–H groups in total. The molecule has 1 aromatic rings. The third-order valence-corrected chi connectivity index (χ3v) is 1.59. The van der Waals surface area contributed by atoms with Crippen molar-refractivity contribution in [1.29, 1.82) is 0 Å². The van der Waals surface area contributed by atoms with Crippen molar-refractivity contribution in [2.75, 3.05) is 6.61 Å². The maximum absolute atomic E-state index is 8.69. The zero-order valence-corrected chi connectivity index (χ0v) is 5.96. The lowest BCUT2D eigenvalue weighted by atomic mass is 10.1. The minimum absolute atomic E-state index is 0.00130. The van der Waals surface area contributed by atoms with Crippen molar-refractivity contribution in [3.05, 3.63) is 23.5 Å². The highest BCUT2D eigenvalue weighted by Gasteiger charge is 2.06. The van der Waals surface area contributed by atoms with E-state index in [1.54, 1.807) is 0 Å². The van der Waals surface area contributed by atoms with E-state index in [0.29, 0.717) is 0 Å². The Morgan fingerprint density at radius 3 is 2.80 bits per heavy atom. The van der Waals surface area contributed by atoms with Gasteiger partial charge in [-0.25, -0.2) is 0 Å². The highest BCUT2D eigenvalue weighted by molar-refractivity contribution is 5.24. The first-order valence-electron chi connectivity index (χ1n) is 3.25. The predicted molar refractivity (Wildman–Crippen MR) is 39.5 cm³/mol. The van der Waals surface area contributed by atoms with E-state index < -0.39 is 0 Å². The zero-order valence-electron chi connectivity index (χ0n) is 5.96. The summed E-state index contributed by atoms with van der Waals surface area (Å²) in [6, 6.07) is -0.244. The molecule has 1 rings (SSSR count). The molecule has 1 atom stereocenters. The van der Waals surface area contributed by atoms with Crippen LogP contribution < -0.4 is 5.73 Å². The number of aromatic amines is 1. The number of nitrogens with one attached hydrogen (secondary N) is 1. The highest BCUT2D eigenvalue weighted by Crippen LogP contribution is 2.12. The summed E-state index contributed by atoms with van der Waals surface area (Å²) in [6.45, 7) is 1.96. The second-order valence-corrected chi connectivity index (χ2v) is 2.38. The van der Waals surface area contributed by atoms with Crippen LogP contribution >= 0.6 is 0 Å². The van der Waals surface area contributed by atoms with Crippen molar-refractivity contribution in [3.8, 4) is 0 Å². The van der Waals surface area contributed by atoms with E-state index in [0.717, 1.165) is 11.1 Å². The van der Waals surface area contributed by atoms with Crippen molar-refractivity contribution in [1.82, 2.24) is 4.98 Å². The number of rotatable bonds is 2. The summed E-state index contributed by atoms with van der Waals surface area (Å²) in [4.78, 5) is 2.92. The molecule has 0 aromatic carbocycles. The summed E-state index contributed by atoms with van der Waals surface area (Å²) in [6.07, 6.45) is 3.68. The molecule has 0 saturated carbocycles. The molecular weight excluding hydrogens is 128 g/mol. The van der Waals surface area contributed by atoms with E-state index in [-0.39, 0.29) is 12.6 Å². The number of hydrogen-bond donors (Lipinski definition) is 3. The van der Waals surface area contributed by atoms with E-state index in [1.807, 2.05) is 19.3 Å². The number of hydrogen-bond acceptors (Lipinski definition) is 2. The molecule has 0 aliphatic heterocycles. The Hall–Kier alpha value is -0.800. The molecule has 1 aromatic heterocycles. The van der Waals surface area contributed by atoms with Crippen LogP contribution in [-0.4, -0.2) is 16.7 Å². The van der Waals surface area contributed by atoms with Crippen LogP contribution in [0.25, 0.3) is 0 Å². The summed E-state index contributed by atoms with van der Waals surface area (Å²) >= 11 is 0. The summed E-state index contributed by atoms with van der Waals surface area (Å²) < 4.78 is 0. The lowest BCUT2D eigenvalue weighted by Gasteiger charge is -2.05. The van der Waals surface area contributed by atoms with E-state index in [1.165, 1.54) is 0 Å². The van der Waals surface area contributed by atoms with Gasteiger partial charge in [0.25, 0.3) is 0 Å². The average Bonchev–Trinajstić information content (AvgIpc) is 2.34. The monoisotopic (exact) mass is 140 g/mol. The van der Waals surface area contributed by atoms with Crippen molar-refractivity contribution < 1.29 is 5.11 Å². The first-order valence-corrected chi connectivity index (χ1v) is 3.25. The van der Waals surface area contributed by atoms with Crippen LogP contribution in [0.1, 0.15) is 17.2 Å². The molecule has 0 unspecified atom stereocenters. The Balaban J connectivity index is 2.82. The van der Waals surface area contributed by atoms with E-state index >= 15 is 0 Å². The molecule has 0 aliphatic rings. The van der Waals surface area contributed by atoms with Crippen LogP contribution in [0.15, 0.2) is 12.4 Å². The van der Waals surface area contributed by atoms with Crippen LogP contribution in [-0.2, 0) is 0 Å². The Morgan fingerprint density at radius 1 is 1.70 bits per heavy atom. The smallest absolute Gasteiger partial charge is 0.0625 e. The molecule has 56 valence electrons. The van der Waals surface area contributed by atoms with Gasteiger partial charge in [-0.1, -0.05) is 0 Å². The molecular formula is C7H12N2O. The first kappa shape index (κ1) is 7.31. The maximum Gasteiger partial charge on any atom is 0.0625 e. The fraction of sp³-hybridized carbons (Fsp3) is 0.429. The van der Waals surface area contributed by atoms with Crippen LogP contribution in [0.4, 0.5) is 0 Å². The number of aryl methyl sites for hydroxylation is 1. The molecule has 0 bridgehead atoms. The quantitative estimate of drug-likeness (QED) is 0.553. The van der Waals surface area contributed by atoms with Gasteiger partial charge in [0.15, 0.2) is 0 Å². The fourth-order valence-electron chi connectivity index (χ4n) is 0.951. The topological polar surface area (TPSA) is 62.0 Å². The van der Waals surface area contributed by atoms with Gasteiger partial charge in [-0.15, -0.1) is 0 Å². The summed E-state index contributed by atoms with van der Waals surface area (Å²) in [5, 5.41) is 8.69. The minimum atomic E-state index is -0.244. The molecule has 0 spiro atoms. The standard InChI is InChI=1S/C7H12N2O/c1-5-2-9-3-6(5)7(8)4-10/h2-3,7,9-10H,4,8H2,1H3/t7-/m1/s1. The largest absolute Gasteiger partial charge is 0.394 e. The van der Waals surface area contributed by atoms with Crippen LogP contribution in [0.2, 0.25) is 0 Å². The van der Waals surface area contributed by atoms with Crippen LogP contribution in [0.5, 0.6) is 0 Å². The normalized spacial score (nSPS) is 13.5.